The number of hydrazone groups is 1. The fraction of sp³-hybridized carbons (Fsp3) is 0.0909. The van der Waals surface area contributed by atoms with Crippen LogP contribution in [0, 0.1) is 20.2 Å². The van der Waals surface area contributed by atoms with E-state index in [0.717, 1.165) is 18.2 Å². The number of hydrogen-bond donors (Lipinski definition) is 2. The lowest BCUT2D eigenvalue weighted by molar-refractivity contribution is -0.393. The van der Waals surface area contributed by atoms with Crippen LogP contribution in [0.15, 0.2) is 64.6 Å². The molecule has 3 rings (SSSR count). The van der Waals surface area contributed by atoms with Crippen LogP contribution in [0.25, 0.3) is 0 Å². The van der Waals surface area contributed by atoms with E-state index < -0.39 is 31.3 Å². The van der Waals surface area contributed by atoms with E-state index in [-0.39, 0.29) is 33.0 Å². The highest BCUT2D eigenvalue weighted by atomic mass is 35.5. The summed E-state index contributed by atoms with van der Waals surface area (Å²) in [5.74, 6) is -0.673. The minimum absolute atomic E-state index is 0.0568. The lowest BCUT2D eigenvalue weighted by Gasteiger charge is -2.13. The first-order chi connectivity index (χ1) is 17.9. The number of non-ortho nitro benzene ring substituents is 1. The third-order valence-corrected chi connectivity index (χ3v) is 6.21. The molecule has 0 aliphatic carbocycles. The zero-order chi connectivity index (χ0) is 28.0. The van der Waals surface area contributed by atoms with Gasteiger partial charge in [-0.25, -0.2) is 0 Å². The third kappa shape index (κ3) is 6.71. The van der Waals surface area contributed by atoms with Gasteiger partial charge in [-0.3, -0.25) is 30.4 Å². The van der Waals surface area contributed by atoms with Gasteiger partial charge in [-0.1, -0.05) is 11.6 Å². The first kappa shape index (κ1) is 27.8. The van der Waals surface area contributed by atoms with Gasteiger partial charge in [0.1, 0.15) is 10.6 Å². The van der Waals surface area contributed by atoms with Crippen LogP contribution in [0.1, 0.15) is 12.5 Å². The molecular weight excluding hydrogens is 546 g/mol. The number of ether oxygens (including phenoxy) is 1. The number of rotatable bonds is 10. The number of benzene rings is 3. The summed E-state index contributed by atoms with van der Waals surface area (Å²) in [5, 5.41) is 28.4. The number of anilines is 2. The van der Waals surface area contributed by atoms with E-state index in [4.69, 9.17) is 20.5 Å². The van der Waals surface area contributed by atoms with Crippen LogP contribution in [-0.2, 0) is 14.9 Å². The summed E-state index contributed by atoms with van der Waals surface area (Å²) in [6, 6.07) is 10.9. The minimum atomic E-state index is -4.34. The molecule has 0 fully saturated rings. The van der Waals surface area contributed by atoms with Crippen molar-refractivity contribution in [2.24, 2.45) is 5.10 Å². The van der Waals surface area contributed by atoms with Crippen molar-refractivity contribution in [3.63, 3.8) is 0 Å². The second-order valence-corrected chi connectivity index (χ2v) is 9.32. The van der Waals surface area contributed by atoms with Crippen molar-refractivity contribution in [2.45, 2.75) is 11.8 Å². The number of nitrogens with zero attached hydrogens (tertiary/aromatic N) is 3. The second-order valence-electron chi connectivity index (χ2n) is 7.36. The van der Waals surface area contributed by atoms with Crippen LogP contribution in [0.2, 0.25) is 5.02 Å². The van der Waals surface area contributed by atoms with Gasteiger partial charge in [-0.05, 0) is 48.0 Å². The molecule has 0 spiro atoms. The fourth-order valence-corrected chi connectivity index (χ4v) is 4.28. The number of amides is 1. The van der Waals surface area contributed by atoms with Gasteiger partial charge in [-0.15, -0.1) is 0 Å². The molecule has 14 nitrogen and oxygen atoms in total. The van der Waals surface area contributed by atoms with E-state index in [1.54, 1.807) is 0 Å². The van der Waals surface area contributed by atoms with Crippen LogP contribution >= 0.6 is 11.6 Å². The molecule has 0 radical (unpaired) electrons. The van der Waals surface area contributed by atoms with Crippen LogP contribution in [-0.4, -0.2) is 37.5 Å². The van der Waals surface area contributed by atoms with Gasteiger partial charge < -0.3 is 14.2 Å². The zero-order valence-electron chi connectivity index (χ0n) is 19.6. The van der Waals surface area contributed by atoms with Crippen LogP contribution in [0.4, 0.5) is 22.7 Å². The number of nitro benzene ring substituents is 2. The monoisotopic (exact) mass is 563 g/mol. The molecule has 0 unspecified atom stereocenters. The lowest BCUT2D eigenvalue weighted by Crippen LogP contribution is -2.11. The average Bonchev–Trinajstić information content (AvgIpc) is 2.85. The summed E-state index contributed by atoms with van der Waals surface area (Å²) in [4.78, 5) is 31.5. The Balaban J connectivity index is 1.83. The standard InChI is InChI=1S/C22H18ClN5O9S/c1-13(29)25-15-3-6-17(7-4-15)38(34,35)37-22-18(23)9-14(10-21(22)36-2)12-24-26-19-8-5-16(27(30)31)11-20(19)28(32)33/h3-12,26H,1-2H3,(H,25,29)/b24-12-. The molecule has 1 amide bonds. The lowest BCUT2D eigenvalue weighted by atomic mass is 10.2. The number of nitrogens with one attached hydrogen (secondary N) is 2. The highest BCUT2D eigenvalue weighted by Crippen LogP contribution is 2.38. The van der Waals surface area contributed by atoms with E-state index in [9.17, 15) is 33.4 Å². The number of hydrogen-bond acceptors (Lipinski definition) is 11. The van der Waals surface area contributed by atoms with E-state index in [1.807, 2.05) is 0 Å². The summed E-state index contributed by atoms with van der Waals surface area (Å²) in [7, 11) is -3.08. The van der Waals surface area contributed by atoms with Gasteiger partial charge in [0.2, 0.25) is 11.7 Å². The van der Waals surface area contributed by atoms with Gasteiger partial charge in [0.25, 0.3) is 5.69 Å². The van der Waals surface area contributed by atoms with Crippen molar-refractivity contribution < 1.29 is 32.0 Å². The molecule has 0 aliphatic rings. The van der Waals surface area contributed by atoms with Crippen molar-refractivity contribution in [1.29, 1.82) is 0 Å². The molecule has 2 N–H and O–H groups in total. The Labute approximate surface area is 220 Å². The van der Waals surface area contributed by atoms with Gasteiger partial charge >= 0.3 is 15.8 Å². The van der Waals surface area contributed by atoms with Crippen molar-refractivity contribution >= 4 is 56.6 Å². The molecule has 0 saturated carbocycles. The van der Waals surface area contributed by atoms with Crippen molar-refractivity contribution in [3.8, 4) is 11.5 Å². The normalized spacial score (nSPS) is 11.1. The Morgan fingerprint density at radius 3 is 2.32 bits per heavy atom. The second kappa shape index (κ2) is 11.5. The van der Waals surface area contributed by atoms with Crippen LogP contribution in [0.5, 0.6) is 11.5 Å². The summed E-state index contributed by atoms with van der Waals surface area (Å²) >= 11 is 6.25. The molecule has 16 heteroatoms. The molecule has 0 aliphatic heterocycles. The summed E-state index contributed by atoms with van der Waals surface area (Å²) in [6.45, 7) is 1.31. The van der Waals surface area contributed by atoms with E-state index in [2.05, 4.69) is 15.8 Å². The molecule has 0 heterocycles. The van der Waals surface area contributed by atoms with Gasteiger partial charge in [0.15, 0.2) is 5.75 Å². The Bertz CT molecular complexity index is 1540. The number of methoxy groups -OCH3 is 1. The largest absolute Gasteiger partial charge is 0.493 e. The number of carbonyl (C=O) groups excluding carboxylic acids is 1. The molecular formula is C22H18ClN5O9S. The predicted octanol–water partition coefficient (Wildman–Crippen LogP) is 4.34. The number of halogens is 1. The maximum Gasteiger partial charge on any atom is 0.339 e. The fourth-order valence-electron chi connectivity index (χ4n) is 3.02. The highest BCUT2D eigenvalue weighted by molar-refractivity contribution is 7.87. The topological polar surface area (TPSA) is 192 Å². The SMILES string of the molecule is COc1cc(/C=N\Nc2ccc([N+](=O)[O-])cc2[N+](=O)[O-])cc(Cl)c1OS(=O)(=O)c1ccc(NC(C)=O)cc1. The first-order valence-corrected chi connectivity index (χ1v) is 12.1. The molecule has 198 valence electrons. The Morgan fingerprint density at radius 2 is 1.74 bits per heavy atom. The predicted molar refractivity (Wildman–Crippen MR) is 138 cm³/mol. The molecule has 38 heavy (non-hydrogen) atoms. The van der Waals surface area contributed by atoms with Crippen molar-refractivity contribution in [3.05, 3.63) is 85.4 Å². The molecule has 3 aromatic rings. The molecule has 0 atom stereocenters. The first-order valence-electron chi connectivity index (χ1n) is 10.3. The molecule has 0 aromatic heterocycles. The van der Waals surface area contributed by atoms with E-state index in [1.165, 1.54) is 56.6 Å². The maximum absolute atomic E-state index is 12.8. The number of nitro groups is 2. The zero-order valence-corrected chi connectivity index (χ0v) is 21.1. The van der Waals surface area contributed by atoms with E-state index in [0.29, 0.717) is 11.3 Å². The summed E-state index contributed by atoms with van der Waals surface area (Å²) in [5.41, 5.74) is 1.99. The Hall–Kier alpha value is -4.76. The smallest absolute Gasteiger partial charge is 0.339 e. The summed E-state index contributed by atoms with van der Waals surface area (Å²) < 4.78 is 35.9. The maximum atomic E-state index is 12.8. The minimum Gasteiger partial charge on any atom is -0.493 e. The highest BCUT2D eigenvalue weighted by Gasteiger charge is 2.23. The van der Waals surface area contributed by atoms with E-state index >= 15 is 0 Å². The summed E-state index contributed by atoms with van der Waals surface area (Å²) in [6.07, 6.45) is 1.21. The third-order valence-electron chi connectivity index (χ3n) is 4.70. The molecule has 0 saturated heterocycles. The van der Waals surface area contributed by atoms with Gasteiger partial charge in [-0.2, -0.15) is 13.5 Å². The van der Waals surface area contributed by atoms with Crippen LogP contribution in [0.3, 0.4) is 0 Å². The quantitative estimate of drug-likeness (QED) is 0.155. The van der Waals surface area contributed by atoms with Crippen molar-refractivity contribution in [1.82, 2.24) is 0 Å². The van der Waals surface area contributed by atoms with Crippen LogP contribution < -0.4 is 19.7 Å². The Kier molecular flexibility index (Phi) is 8.44. The van der Waals surface area contributed by atoms with Crippen molar-refractivity contribution in [2.75, 3.05) is 17.9 Å². The van der Waals surface area contributed by atoms with Gasteiger partial charge in [0, 0.05) is 18.7 Å². The molecule has 3 aromatic carbocycles. The van der Waals surface area contributed by atoms with Gasteiger partial charge in [0.05, 0.1) is 34.3 Å². The Morgan fingerprint density at radius 1 is 1.05 bits per heavy atom. The average molecular weight is 564 g/mol. The number of carbonyl (C=O) groups is 1. The molecule has 0 bridgehead atoms.